The van der Waals surface area contributed by atoms with E-state index in [1.165, 1.54) is 5.82 Å². The molecule has 0 nitrogen and oxygen atoms in total. The molecule has 0 saturated carbocycles. The van der Waals surface area contributed by atoms with E-state index >= 15 is 0 Å². The standard InChI is InChI=1S/C7H3F5Se/c1-13-7-5(11)3(9)2(8)4(10)6(7)12/h1H3. The number of hydrogen-bond acceptors (Lipinski definition) is 0. The second-order valence-corrected chi connectivity index (χ2v) is 3.82. The van der Waals surface area contributed by atoms with Crippen LogP contribution in [0, 0.1) is 29.1 Å². The average Bonchev–Trinajstić information content (AvgIpc) is 2.13. The zero-order valence-electron chi connectivity index (χ0n) is 6.30. The van der Waals surface area contributed by atoms with Gasteiger partial charge in [-0.25, -0.2) is 0 Å². The molecule has 0 N–H and O–H groups in total. The minimum atomic E-state index is -2.11. The van der Waals surface area contributed by atoms with Crippen LogP contribution in [0.1, 0.15) is 0 Å². The molecule has 0 unspecified atom stereocenters. The predicted molar refractivity (Wildman–Crippen MR) is 37.5 cm³/mol. The second kappa shape index (κ2) is 3.64. The third-order valence-electron chi connectivity index (χ3n) is 1.37. The first-order chi connectivity index (χ1) is 6.00. The number of rotatable bonds is 1. The van der Waals surface area contributed by atoms with Crippen LogP contribution in [0.25, 0.3) is 0 Å². The van der Waals surface area contributed by atoms with Gasteiger partial charge in [0, 0.05) is 0 Å². The van der Waals surface area contributed by atoms with Crippen molar-refractivity contribution < 1.29 is 22.0 Å². The van der Waals surface area contributed by atoms with E-state index in [-0.39, 0.29) is 0 Å². The van der Waals surface area contributed by atoms with E-state index in [2.05, 4.69) is 0 Å². The van der Waals surface area contributed by atoms with Crippen molar-refractivity contribution in [1.29, 1.82) is 0 Å². The molecule has 0 aliphatic carbocycles. The van der Waals surface area contributed by atoms with E-state index in [0.29, 0.717) is 0 Å². The SMILES string of the molecule is C[Se]c1c(F)c(F)c(F)c(F)c1F. The van der Waals surface area contributed by atoms with Crippen LogP contribution in [0.3, 0.4) is 0 Å². The molecule has 0 aromatic heterocycles. The monoisotopic (exact) mass is 262 g/mol. The molecule has 1 rings (SSSR count). The van der Waals surface area contributed by atoms with Crippen LogP contribution in [0.4, 0.5) is 22.0 Å². The van der Waals surface area contributed by atoms with Crippen LogP contribution in [-0.2, 0) is 0 Å². The first-order valence-corrected chi connectivity index (χ1v) is 5.63. The Kier molecular flexibility index (Phi) is 2.93. The predicted octanol–water partition coefficient (Wildman–Crippen LogP) is 1.76. The summed E-state index contributed by atoms with van der Waals surface area (Å²) in [6.45, 7) is 0. The maximum absolute atomic E-state index is 12.7. The maximum atomic E-state index is 12.7. The average molecular weight is 261 g/mol. The Bertz CT molecular complexity index is 320. The minimum absolute atomic E-state index is 0.719. The van der Waals surface area contributed by atoms with Gasteiger partial charge < -0.3 is 0 Å². The van der Waals surface area contributed by atoms with E-state index < -0.39 is 48.5 Å². The molecule has 0 heterocycles. The van der Waals surface area contributed by atoms with Crippen LogP contribution < -0.4 is 4.46 Å². The zero-order valence-corrected chi connectivity index (χ0v) is 8.01. The summed E-state index contributed by atoms with van der Waals surface area (Å²) in [5.41, 5.74) is 0. The zero-order chi connectivity index (χ0) is 10.2. The molecule has 1 aromatic carbocycles. The van der Waals surface area contributed by atoms with Crippen LogP contribution in [0.15, 0.2) is 0 Å². The summed E-state index contributed by atoms with van der Waals surface area (Å²) in [5.74, 6) is -7.94. The Hall–Kier alpha value is -0.611. The number of hydrogen-bond donors (Lipinski definition) is 0. The number of halogens is 5. The van der Waals surface area contributed by atoms with Crippen molar-refractivity contribution in [3.05, 3.63) is 29.1 Å². The summed E-state index contributed by atoms with van der Waals surface area (Å²) < 4.78 is 62.0. The Morgan fingerprint density at radius 1 is 0.692 bits per heavy atom. The van der Waals surface area contributed by atoms with Gasteiger partial charge in [0.2, 0.25) is 0 Å². The molecule has 0 fully saturated rings. The third kappa shape index (κ3) is 1.56. The third-order valence-corrected chi connectivity index (χ3v) is 2.98. The van der Waals surface area contributed by atoms with Crippen molar-refractivity contribution >= 4 is 19.4 Å². The fraction of sp³-hybridized carbons (Fsp3) is 0.143. The molecular weight excluding hydrogens is 258 g/mol. The summed E-state index contributed by atoms with van der Waals surface area (Å²) in [4.78, 5) is 0. The van der Waals surface area contributed by atoms with Crippen LogP contribution >= 0.6 is 0 Å². The molecule has 6 heteroatoms. The fourth-order valence-electron chi connectivity index (χ4n) is 0.764. The summed E-state index contributed by atoms with van der Waals surface area (Å²) in [6, 6.07) is 0. The summed E-state index contributed by atoms with van der Waals surface area (Å²) in [5, 5.41) is 0. The van der Waals surface area contributed by atoms with Crippen molar-refractivity contribution in [3.63, 3.8) is 0 Å². The van der Waals surface area contributed by atoms with Gasteiger partial charge in [0.15, 0.2) is 0 Å². The van der Waals surface area contributed by atoms with E-state index in [0.717, 1.165) is 0 Å². The molecular formula is C7H3F5Se. The molecule has 0 bridgehead atoms. The van der Waals surface area contributed by atoms with E-state index in [4.69, 9.17) is 0 Å². The van der Waals surface area contributed by atoms with E-state index in [9.17, 15) is 22.0 Å². The first kappa shape index (κ1) is 10.5. The van der Waals surface area contributed by atoms with Crippen molar-refractivity contribution in [2.24, 2.45) is 0 Å². The molecule has 0 aliphatic heterocycles. The second-order valence-electron chi connectivity index (χ2n) is 2.10. The van der Waals surface area contributed by atoms with Gasteiger partial charge in [-0.2, -0.15) is 0 Å². The van der Waals surface area contributed by atoms with Crippen molar-refractivity contribution in [2.75, 3.05) is 0 Å². The van der Waals surface area contributed by atoms with Crippen molar-refractivity contribution in [2.45, 2.75) is 5.82 Å². The molecule has 0 atom stereocenters. The molecule has 1 aromatic rings. The molecule has 0 aliphatic rings. The number of benzene rings is 1. The van der Waals surface area contributed by atoms with Gasteiger partial charge in [0.25, 0.3) is 0 Å². The quantitative estimate of drug-likeness (QED) is 0.313. The van der Waals surface area contributed by atoms with E-state index in [1.54, 1.807) is 0 Å². The Morgan fingerprint density at radius 3 is 1.31 bits per heavy atom. The molecule has 0 amide bonds. The molecule has 0 spiro atoms. The topological polar surface area (TPSA) is 0 Å². The normalized spacial score (nSPS) is 10.6. The van der Waals surface area contributed by atoms with Gasteiger partial charge in [-0.1, -0.05) is 0 Å². The summed E-state index contributed by atoms with van der Waals surface area (Å²) in [7, 11) is 0. The Morgan fingerprint density at radius 2 is 1.00 bits per heavy atom. The molecule has 72 valence electrons. The van der Waals surface area contributed by atoms with Gasteiger partial charge in [0.1, 0.15) is 0 Å². The Labute approximate surface area is 76.9 Å². The Balaban J connectivity index is 3.56. The van der Waals surface area contributed by atoms with Gasteiger partial charge in [-0.3, -0.25) is 0 Å². The van der Waals surface area contributed by atoms with Crippen LogP contribution in [-0.4, -0.2) is 15.0 Å². The molecule has 0 saturated heterocycles. The van der Waals surface area contributed by atoms with Crippen molar-refractivity contribution in [3.8, 4) is 0 Å². The summed E-state index contributed by atoms with van der Waals surface area (Å²) >= 11 is -0.774. The fourth-order valence-corrected chi connectivity index (χ4v) is 1.89. The van der Waals surface area contributed by atoms with E-state index in [1.807, 2.05) is 0 Å². The van der Waals surface area contributed by atoms with Gasteiger partial charge >= 0.3 is 76.3 Å². The van der Waals surface area contributed by atoms with Crippen molar-refractivity contribution in [1.82, 2.24) is 0 Å². The summed E-state index contributed by atoms with van der Waals surface area (Å²) in [6.07, 6.45) is 0. The molecule has 13 heavy (non-hydrogen) atoms. The van der Waals surface area contributed by atoms with Gasteiger partial charge in [-0.15, -0.1) is 0 Å². The van der Waals surface area contributed by atoms with Crippen LogP contribution in [0.5, 0.6) is 0 Å². The van der Waals surface area contributed by atoms with Gasteiger partial charge in [-0.05, 0) is 0 Å². The van der Waals surface area contributed by atoms with Crippen LogP contribution in [0.2, 0.25) is 5.82 Å². The first-order valence-electron chi connectivity index (χ1n) is 3.06. The molecule has 0 radical (unpaired) electrons. The van der Waals surface area contributed by atoms with Gasteiger partial charge in [0.05, 0.1) is 0 Å².